The molecule has 0 bridgehead atoms. The fourth-order valence-corrected chi connectivity index (χ4v) is 2.12. The van der Waals surface area contributed by atoms with Crippen LogP contribution >= 0.6 is 12.4 Å². The van der Waals surface area contributed by atoms with Gasteiger partial charge in [-0.2, -0.15) is 0 Å². The number of aliphatic hydroxyl groups is 1. The van der Waals surface area contributed by atoms with Gasteiger partial charge in [0, 0.05) is 13.1 Å². The molecular formula is C11H13ClN2O. The molecule has 0 aliphatic carbocycles. The largest absolute Gasteiger partial charge is 0.385 e. The lowest BCUT2D eigenvalue weighted by molar-refractivity contribution is 0.245. The van der Waals surface area contributed by atoms with E-state index in [1.165, 1.54) is 5.56 Å². The lowest BCUT2D eigenvalue weighted by Gasteiger charge is -2.25. The van der Waals surface area contributed by atoms with Gasteiger partial charge in [-0.15, -0.1) is 12.4 Å². The number of para-hydroxylation sites is 1. The Morgan fingerprint density at radius 3 is 3.00 bits per heavy atom. The lowest BCUT2D eigenvalue weighted by atomic mass is 10.1. The second-order valence-electron chi connectivity index (χ2n) is 3.82. The van der Waals surface area contributed by atoms with Crippen molar-refractivity contribution in [3.63, 3.8) is 0 Å². The Bertz CT molecular complexity index is 405. The molecule has 2 aliphatic heterocycles. The van der Waals surface area contributed by atoms with Crippen LogP contribution in [0.1, 0.15) is 12.0 Å². The highest BCUT2D eigenvalue weighted by atomic mass is 35.5. The van der Waals surface area contributed by atoms with E-state index < -0.39 is 0 Å². The molecule has 2 aliphatic rings. The van der Waals surface area contributed by atoms with E-state index in [0.717, 1.165) is 31.0 Å². The molecule has 0 aromatic heterocycles. The molecule has 1 aromatic rings. The minimum Gasteiger partial charge on any atom is -0.385 e. The van der Waals surface area contributed by atoms with Crippen LogP contribution in [0.5, 0.6) is 0 Å². The van der Waals surface area contributed by atoms with Crippen molar-refractivity contribution in [2.24, 2.45) is 4.99 Å². The Kier molecular flexibility index (Phi) is 2.67. The molecule has 0 radical (unpaired) electrons. The Balaban J connectivity index is 0.000000853. The van der Waals surface area contributed by atoms with Crippen molar-refractivity contribution < 1.29 is 5.11 Å². The summed E-state index contributed by atoms with van der Waals surface area (Å²) in [4.78, 5) is 6.64. The minimum absolute atomic E-state index is 0. The van der Waals surface area contributed by atoms with E-state index in [2.05, 4.69) is 16.0 Å². The average Bonchev–Trinajstić information content (AvgIpc) is 2.57. The molecule has 15 heavy (non-hydrogen) atoms. The van der Waals surface area contributed by atoms with Crippen molar-refractivity contribution in [2.45, 2.75) is 19.1 Å². The molecule has 0 saturated carbocycles. The number of halogens is 1. The Morgan fingerprint density at radius 2 is 2.13 bits per heavy atom. The van der Waals surface area contributed by atoms with Crippen LogP contribution in [0.3, 0.4) is 0 Å². The van der Waals surface area contributed by atoms with Gasteiger partial charge in [-0.05, 0) is 18.1 Å². The van der Waals surface area contributed by atoms with Gasteiger partial charge in [0.1, 0.15) is 11.9 Å². The van der Waals surface area contributed by atoms with E-state index >= 15 is 0 Å². The van der Waals surface area contributed by atoms with Gasteiger partial charge in [-0.25, -0.2) is 4.99 Å². The first-order chi connectivity index (χ1) is 6.84. The van der Waals surface area contributed by atoms with E-state index in [9.17, 15) is 5.11 Å². The Labute approximate surface area is 94.8 Å². The molecule has 4 heteroatoms. The topological polar surface area (TPSA) is 35.8 Å². The fourth-order valence-electron chi connectivity index (χ4n) is 2.12. The SMILES string of the molecule is Cl.OC1CCN2Cc3ccccc3N=C12. The molecule has 1 aromatic carbocycles. The van der Waals surface area contributed by atoms with Crippen LogP contribution in [0.2, 0.25) is 0 Å². The zero-order valence-electron chi connectivity index (χ0n) is 8.26. The number of hydrogen-bond donors (Lipinski definition) is 1. The summed E-state index contributed by atoms with van der Waals surface area (Å²) in [6.07, 6.45) is 0.454. The zero-order valence-corrected chi connectivity index (χ0v) is 9.07. The third-order valence-electron chi connectivity index (χ3n) is 2.88. The summed E-state index contributed by atoms with van der Waals surface area (Å²) >= 11 is 0. The highest BCUT2D eigenvalue weighted by Crippen LogP contribution is 2.29. The molecule has 1 saturated heterocycles. The van der Waals surface area contributed by atoms with Gasteiger partial charge < -0.3 is 10.0 Å². The maximum atomic E-state index is 9.68. The van der Waals surface area contributed by atoms with Gasteiger partial charge in [0.15, 0.2) is 0 Å². The van der Waals surface area contributed by atoms with Crippen LogP contribution in [0.15, 0.2) is 29.3 Å². The van der Waals surface area contributed by atoms with Crippen molar-refractivity contribution in [2.75, 3.05) is 6.54 Å². The molecule has 80 valence electrons. The predicted molar refractivity (Wildman–Crippen MR) is 61.8 cm³/mol. The molecule has 1 N–H and O–H groups in total. The first-order valence-corrected chi connectivity index (χ1v) is 4.94. The smallest absolute Gasteiger partial charge is 0.134 e. The first-order valence-electron chi connectivity index (χ1n) is 4.94. The summed E-state index contributed by atoms with van der Waals surface area (Å²) in [7, 11) is 0. The molecule has 2 heterocycles. The van der Waals surface area contributed by atoms with Crippen molar-refractivity contribution in [3.8, 4) is 0 Å². The van der Waals surface area contributed by atoms with Crippen LogP contribution in [0.25, 0.3) is 0 Å². The highest BCUT2D eigenvalue weighted by Gasteiger charge is 2.30. The third kappa shape index (κ3) is 1.62. The number of hydrogen-bond acceptors (Lipinski definition) is 3. The van der Waals surface area contributed by atoms with Crippen LogP contribution in [0, 0.1) is 0 Å². The second-order valence-corrected chi connectivity index (χ2v) is 3.82. The lowest BCUT2D eigenvalue weighted by Crippen LogP contribution is -2.31. The van der Waals surface area contributed by atoms with Gasteiger partial charge in [0.2, 0.25) is 0 Å². The number of rotatable bonds is 0. The van der Waals surface area contributed by atoms with Gasteiger partial charge in [0.05, 0.1) is 5.69 Å². The summed E-state index contributed by atoms with van der Waals surface area (Å²) in [5, 5.41) is 9.68. The highest BCUT2D eigenvalue weighted by molar-refractivity contribution is 5.92. The van der Waals surface area contributed by atoms with E-state index in [1.54, 1.807) is 0 Å². The number of aliphatic hydroxyl groups excluding tert-OH is 1. The maximum Gasteiger partial charge on any atom is 0.134 e. The van der Waals surface area contributed by atoms with Crippen LogP contribution < -0.4 is 0 Å². The standard InChI is InChI=1S/C11H12N2O.ClH/c14-10-5-6-13-7-8-3-1-2-4-9(8)12-11(10)13;/h1-4,10,14H,5-7H2;1H. The number of nitrogens with zero attached hydrogens (tertiary/aromatic N) is 2. The van der Waals surface area contributed by atoms with Gasteiger partial charge in [0.25, 0.3) is 0 Å². The molecular weight excluding hydrogens is 212 g/mol. The van der Waals surface area contributed by atoms with Gasteiger partial charge >= 0.3 is 0 Å². The quantitative estimate of drug-likeness (QED) is 0.729. The molecule has 0 spiro atoms. The van der Waals surface area contributed by atoms with Crippen molar-refractivity contribution in [1.29, 1.82) is 0 Å². The average molecular weight is 225 g/mol. The zero-order chi connectivity index (χ0) is 9.54. The summed E-state index contributed by atoms with van der Waals surface area (Å²) < 4.78 is 0. The summed E-state index contributed by atoms with van der Waals surface area (Å²) in [6, 6.07) is 8.12. The normalized spacial score (nSPS) is 22.6. The molecule has 3 rings (SSSR count). The van der Waals surface area contributed by atoms with E-state index in [4.69, 9.17) is 0 Å². The first kappa shape index (κ1) is 10.5. The Morgan fingerprint density at radius 1 is 1.33 bits per heavy atom. The predicted octanol–water partition coefficient (Wildman–Crippen LogP) is 1.72. The summed E-state index contributed by atoms with van der Waals surface area (Å²) in [6.45, 7) is 1.82. The van der Waals surface area contributed by atoms with Gasteiger partial charge in [-0.3, -0.25) is 0 Å². The number of amidine groups is 1. The van der Waals surface area contributed by atoms with Crippen molar-refractivity contribution >= 4 is 23.9 Å². The molecule has 1 unspecified atom stereocenters. The van der Waals surface area contributed by atoms with Crippen LogP contribution in [-0.2, 0) is 6.54 Å². The van der Waals surface area contributed by atoms with Crippen LogP contribution in [0.4, 0.5) is 5.69 Å². The van der Waals surface area contributed by atoms with E-state index in [1.807, 2.05) is 18.2 Å². The minimum atomic E-state index is -0.358. The number of aliphatic imine (C=N–C) groups is 1. The van der Waals surface area contributed by atoms with Crippen LogP contribution in [-0.4, -0.2) is 28.5 Å². The fraction of sp³-hybridized carbons (Fsp3) is 0.364. The van der Waals surface area contributed by atoms with Gasteiger partial charge in [-0.1, -0.05) is 18.2 Å². The monoisotopic (exact) mass is 224 g/mol. The molecule has 1 fully saturated rings. The summed E-state index contributed by atoms with van der Waals surface area (Å²) in [5.74, 6) is 0.851. The third-order valence-corrected chi connectivity index (χ3v) is 2.88. The number of fused-ring (bicyclic) bond motifs is 2. The van der Waals surface area contributed by atoms with E-state index in [0.29, 0.717) is 0 Å². The maximum absolute atomic E-state index is 9.68. The van der Waals surface area contributed by atoms with Crippen molar-refractivity contribution in [1.82, 2.24) is 4.90 Å². The molecule has 0 amide bonds. The second kappa shape index (κ2) is 3.83. The summed E-state index contributed by atoms with van der Waals surface area (Å²) in [5.41, 5.74) is 2.27. The van der Waals surface area contributed by atoms with E-state index in [-0.39, 0.29) is 18.5 Å². The Hall–Kier alpha value is -1.06. The molecule has 1 atom stereocenters. The molecule has 3 nitrogen and oxygen atoms in total. The van der Waals surface area contributed by atoms with Crippen molar-refractivity contribution in [3.05, 3.63) is 29.8 Å². The number of benzene rings is 1.